The molecule has 0 aromatic heterocycles. The van der Waals surface area contributed by atoms with Gasteiger partial charge in [0.15, 0.2) is 0 Å². The SMILES string of the molecule is CC(C)(C)OC(=O)N1CCS(=O)C(CC(=O)O)C1. The summed E-state index contributed by atoms with van der Waals surface area (Å²) in [4.78, 5) is 23.9. The van der Waals surface area contributed by atoms with Crippen LogP contribution in [0.5, 0.6) is 0 Å². The number of nitrogens with zero attached hydrogens (tertiary/aromatic N) is 1. The van der Waals surface area contributed by atoms with Crippen LogP contribution in [0.1, 0.15) is 27.2 Å². The van der Waals surface area contributed by atoms with Crippen LogP contribution < -0.4 is 0 Å². The molecule has 1 N–H and O–H groups in total. The summed E-state index contributed by atoms with van der Waals surface area (Å²) in [7, 11) is -1.19. The molecule has 1 rings (SSSR count). The minimum atomic E-state index is -1.19. The number of carboxylic acid groups (broad SMARTS) is 1. The van der Waals surface area contributed by atoms with Crippen molar-refractivity contribution in [3.63, 3.8) is 0 Å². The summed E-state index contributed by atoms with van der Waals surface area (Å²) in [5, 5.41) is 8.22. The van der Waals surface area contributed by atoms with Gasteiger partial charge in [0.1, 0.15) is 5.60 Å². The Hall–Kier alpha value is -1.11. The number of amides is 1. The lowest BCUT2D eigenvalue weighted by atomic mass is 10.2. The Labute approximate surface area is 109 Å². The third kappa shape index (κ3) is 4.64. The molecule has 1 aliphatic rings. The molecule has 18 heavy (non-hydrogen) atoms. The van der Waals surface area contributed by atoms with E-state index in [1.807, 2.05) is 0 Å². The molecule has 0 radical (unpaired) electrons. The van der Waals surface area contributed by atoms with Crippen molar-refractivity contribution in [2.24, 2.45) is 0 Å². The van der Waals surface area contributed by atoms with Gasteiger partial charge in [0.05, 0.1) is 11.7 Å². The number of carbonyl (C=O) groups excluding carboxylic acids is 1. The van der Waals surface area contributed by atoms with Crippen LogP contribution in [0.15, 0.2) is 0 Å². The molecule has 1 heterocycles. The normalized spacial score (nSPS) is 24.7. The molecule has 7 heteroatoms. The van der Waals surface area contributed by atoms with E-state index >= 15 is 0 Å². The first-order valence-electron chi connectivity index (χ1n) is 5.76. The van der Waals surface area contributed by atoms with Crippen LogP contribution >= 0.6 is 0 Å². The van der Waals surface area contributed by atoms with E-state index in [1.54, 1.807) is 20.8 Å². The van der Waals surface area contributed by atoms with Gasteiger partial charge in [-0.25, -0.2) is 4.79 Å². The Morgan fingerprint density at radius 1 is 1.44 bits per heavy atom. The second-order valence-corrected chi connectivity index (χ2v) is 7.07. The monoisotopic (exact) mass is 277 g/mol. The Balaban J connectivity index is 2.61. The molecule has 2 atom stereocenters. The fraction of sp³-hybridized carbons (Fsp3) is 0.818. The van der Waals surface area contributed by atoms with E-state index in [0.29, 0.717) is 12.3 Å². The average Bonchev–Trinajstić information content (AvgIpc) is 2.17. The number of rotatable bonds is 2. The first-order chi connectivity index (χ1) is 8.19. The van der Waals surface area contributed by atoms with Gasteiger partial charge in [0, 0.05) is 29.6 Å². The summed E-state index contributed by atoms with van der Waals surface area (Å²) < 4.78 is 16.9. The van der Waals surface area contributed by atoms with Crippen molar-refractivity contribution in [2.75, 3.05) is 18.8 Å². The maximum atomic E-state index is 11.8. The van der Waals surface area contributed by atoms with Gasteiger partial charge in [0.25, 0.3) is 0 Å². The summed E-state index contributed by atoms with van der Waals surface area (Å²) >= 11 is 0. The number of carboxylic acids is 1. The molecular weight excluding hydrogens is 258 g/mol. The molecular formula is C11H19NO5S. The molecule has 1 amide bonds. The van der Waals surface area contributed by atoms with Gasteiger partial charge in [-0.05, 0) is 20.8 Å². The zero-order valence-electron chi connectivity index (χ0n) is 10.8. The average molecular weight is 277 g/mol. The number of hydrogen-bond donors (Lipinski definition) is 1. The zero-order chi connectivity index (χ0) is 13.9. The van der Waals surface area contributed by atoms with Crippen LogP contribution in [-0.4, -0.2) is 56.0 Å². The second kappa shape index (κ2) is 5.69. The predicted molar refractivity (Wildman–Crippen MR) is 66.9 cm³/mol. The lowest BCUT2D eigenvalue weighted by molar-refractivity contribution is -0.137. The molecule has 0 bridgehead atoms. The quantitative estimate of drug-likeness (QED) is 0.808. The Morgan fingerprint density at radius 3 is 2.56 bits per heavy atom. The third-order valence-electron chi connectivity index (χ3n) is 2.41. The summed E-state index contributed by atoms with van der Waals surface area (Å²) in [6.45, 7) is 5.82. The number of carbonyl (C=O) groups is 2. The van der Waals surface area contributed by atoms with Crippen LogP contribution in [0.3, 0.4) is 0 Å². The summed E-state index contributed by atoms with van der Waals surface area (Å²) in [5.41, 5.74) is -0.587. The van der Waals surface area contributed by atoms with Crippen molar-refractivity contribution in [1.29, 1.82) is 0 Å². The summed E-state index contributed by atoms with van der Waals surface area (Å²) in [6, 6.07) is 0. The number of hydrogen-bond acceptors (Lipinski definition) is 4. The molecule has 0 aliphatic carbocycles. The van der Waals surface area contributed by atoms with Gasteiger partial charge in [-0.3, -0.25) is 9.00 Å². The van der Waals surface area contributed by atoms with Gasteiger partial charge in [0.2, 0.25) is 0 Å². The highest BCUT2D eigenvalue weighted by Gasteiger charge is 2.32. The van der Waals surface area contributed by atoms with E-state index in [2.05, 4.69) is 0 Å². The molecule has 0 aromatic rings. The fourth-order valence-corrected chi connectivity index (χ4v) is 3.04. The lowest BCUT2D eigenvalue weighted by Crippen LogP contribution is -2.49. The highest BCUT2D eigenvalue weighted by Crippen LogP contribution is 2.16. The van der Waals surface area contributed by atoms with E-state index in [-0.39, 0.29) is 13.0 Å². The minimum absolute atomic E-state index is 0.174. The van der Waals surface area contributed by atoms with Crippen LogP contribution in [0.4, 0.5) is 4.79 Å². The topological polar surface area (TPSA) is 83.9 Å². The van der Waals surface area contributed by atoms with Crippen LogP contribution in [0, 0.1) is 0 Å². The van der Waals surface area contributed by atoms with Crippen molar-refractivity contribution >= 4 is 22.9 Å². The first-order valence-corrected chi connectivity index (χ1v) is 7.14. The van der Waals surface area contributed by atoms with Crippen molar-refractivity contribution in [2.45, 2.75) is 38.0 Å². The largest absolute Gasteiger partial charge is 0.481 e. The second-order valence-electron chi connectivity index (χ2n) is 5.23. The molecule has 2 unspecified atom stereocenters. The van der Waals surface area contributed by atoms with E-state index in [0.717, 1.165) is 0 Å². The molecule has 1 aliphatic heterocycles. The Morgan fingerprint density at radius 2 is 2.06 bits per heavy atom. The van der Waals surface area contributed by atoms with E-state index < -0.39 is 33.7 Å². The molecule has 6 nitrogen and oxygen atoms in total. The van der Waals surface area contributed by atoms with Crippen molar-refractivity contribution in [3.05, 3.63) is 0 Å². The van der Waals surface area contributed by atoms with Gasteiger partial charge < -0.3 is 14.7 Å². The highest BCUT2D eigenvalue weighted by molar-refractivity contribution is 7.85. The zero-order valence-corrected chi connectivity index (χ0v) is 11.7. The maximum Gasteiger partial charge on any atom is 0.410 e. The smallest absolute Gasteiger partial charge is 0.410 e. The van der Waals surface area contributed by atoms with E-state index in [9.17, 15) is 13.8 Å². The van der Waals surface area contributed by atoms with E-state index in [1.165, 1.54) is 4.90 Å². The molecule has 0 aromatic carbocycles. The van der Waals surface area contributed by atoms with E-state index in [4.69, 9.17) is 9.84 Å². The van der Waals surface area contributed by atoms with Crippen LogP contribution in [0.2, 0.25) is 0 Å². The molecule has 0 spiro atoms. The lowest BCUT2D eigenvalue weighted by Gasteiger charge is -2.33. The van der Waals surface area contributed by atoms with Gasteiger partial charge in [-0.1, -0.05) is 0 Å². The highest BCUT2D eigenvalue weighted by atomic mass is 32.2. The van der Waals surface area contributed by atoms with Crippen LogP contribution in [-0.2, 0) is 20.3 Å². The van der Waals surface area contributed by atoms with Crippen molar-refractivity contribution in [3.8, 4) is 0 Å². The summed E-state index contributed by atoms with van der Waals surface area (Å²) in [5.74, 6) is -0.698. The van der Waals surface area contributed by atoms with Gasteiger partial charge in [-0.2, -0.15) is 0 Å². The Bertz CT molecular complexity index is 363. The molecule has 104 valence electrons. The number of aliphatic carboxylic acids is 1. The standard InChI is InChI=1S/C11H19NO5S/c1-11(2,3)17-10(15)12-4-5-18(16)8(7-12)6-9(13)14/h8H,4-7H2,1-3H3,(H,13,14). The third-order valence-corrected chi connectivity index (χ3v) is 4.06. The maximum absolute atomic E-state index is 11.8. The van der Waals surface area contributed by atoms with Gasteiger partial charge in [-0.15, -0.1) is 0 Å². The minimum Gasteiger partial charge on any atom is -0.481 e. The van der Waals surface area contributed by atoms with Crippen molar-refractivity contribution < 1.29 is 23.6 Å². The Kier molecular flexibility index (Phi) is 4.72. The fourth-order valence-electron chi connectivity index (χ4n) is 1.63. The van der Waals surface area contributed by atoms with Crippen LogP contribution in [0.25, 0.3) is 0 Å². The summed E-state index contributed by atoms with van der Waals surface area (Å²) in [6.07, 6.45) is -0.666. The molecule has 1 saturated heterocycles. The predicted octanol–water partition coefficient (Wildman–Crippen LogP) is 0.829. The number of ether oxygens (including phenoxy) is 1. The first kappa shape index (κ1) is 14.9. The van der Waals surface area contributed by atoms with Gasteiger partial charge >= 0.3 is 12.1 Å². The molecule has 0 saturated carbocycles. The molecule has 1 fully saturated rings. The van der Waals surface area contributed by atoms with Crippen molar-refractivity contribution in [1.82, 2.24) is 4.90 Å².